The van der Waals surface area contributed by atoms with E-state index in [9.17, 15) is 4.21 Å². The largest absolute Gasteiger partial charge is 0.332 e. The van der Waals surface area contributed by atoms with Gasteiger partial charge < -0.3 is 9.88 Å². The van der Waals surface area contributed by atoms with E-state index in [0.717, 1.165) is 38.3 Å². The first-order valence-corrected chi connectivity index (χ1v) is 7.79. The highest BCUT2D eigenvalue weighted by Gasteiger charge is 2.18. The van der Waals surface area contributed by atoms with Gasteiger partial charge in [-0.25, -0.2) is 4.98 Å². The predicted octanol–water partition coefficient (Wildman–Crippen LogP) is 0.994. The highest BCUT2D eigenvalue weighted by Crippen LogP contribution is 2.17. The Bertz CT molecular complexity index is 428. The average molecular weight is 255 g/mol. The van der Waals surface area contributed by atoms with Crippen LogP contribution in [0.2, 0.25) is 0 Å². The van der Waals surface area contributed by atoms with E-state index in [4.69, 9.17) is 0 Å². The Kier molecular flexibility index (Phi) is 3.99. The number of rotatable bonds is 4. The van der Waals surface area contributed by atoms with Crippen molar-refractivity contribution in [2.45, 2.75) is 45.0 Å². The summed E-state index contributed by atoms with van der Waals surface area (Å²) in [6.45, 7) is 6.98. The van der Waals surface area contributed by atoms with Gasteiger partial charge >= 0.3 is 0 Å². The lowest BCUT2D eigenvalue weighted by Crippen LogP contribution is -2.25. The second-order valence-corrected chi connectivity index (χ2v) is 6.53. The minimum absolute atomic E-state index is 0.258. The van der Waals surface area contributed by atoms with Crippen LogP contribution in [0.25, 0.3) is 0 Å². The van der Waals surface area contributed by atoms with Crippen molar-refractivity contribution >= 4 is 10.8 Å². The standard InChI is InChI=1S/C12H21N3OS/c1-9(17(3)16)5-7-15-10(2)14-11-8-13-6-4-12(11)15/h9,13H,4-8H2,1-3H3. The average Bonchev–Trinajstić information content (AvgIpc) is 2.61. The van der Waals surface area contributed by atoms with Crippen LogP contribution in [0.1, 0.15) is 30.6 Å². The van der Waals surface area contributed by atoms with Gasteiger partial charge in [-0.15, -0.1) is 0 Å². The molecule has 0 spiro atoms. The molecule has 5 heteroatoms. The molecule has 1 aromatic rings. The molecule has 0 amide bonds. The fraction of sp³-hybridized carbons (Fsp3) is 0.750. The van der Waals surface area contributed by atoms with Crippen molar-refractivity contribution < 1.29 is 4.21 Å². The van der Waals surface area contributed by atoms with Gasteiger partial charge in [0.2, 0.25) is 0 Å². The minimum Gasteiger partial charge on any atom is -0.332 e. The Morgan fingerprint density at radius 3 is 3.06 bits per heavy atom. The molecule has 96 valence electrons. The quantitative estimate of drug-likeness (QED) is 0.873. The van der Waals surface area contributed by atoms with Gasteiger partial charge in [0.05, 0.1) is 5.69 Å². The molecule has 0 saturated carbocycles. The maximum Gasteiger partial charge on any atom is 0.106 e. The molecule has 2 atom stereocenters. The van der Waals surface area contributed by atoms with E-state index in [1.165, 1.54) is 11.4 Å². The zero-order valence-corrected chi connectivity index (χ0v) is 11.6. The van der Waals surface area contributed by atoms with E-state index in [1.54, 1.807) is 6.26 Å². The second-order valence-electron chi connectivity index (χ2n) is 4.73. The summed E-state index contributed by atoms with van der Waals surface area (Å²) in [6.07, 6.45) is 3.80. The van der Waals surface area contributed by atoms with Gasteiger partial charge in [-0.1, -0.05) is 6.92 Å². The van der Waals surface area contributed by atoms with Gasteiger partial charge in [-0.05, 0) is 13.3 Å². The van der Waals surface area contributed by atoms with Crippen molar-refractivity contribution in [3.8, 4) is 0 Å². The third kappa shape index (κ3) is 2.77. The first kappa shape index (κ1) is 12.8. The summed E-state index contributed by atoms with van der Waals surface area (Å²) < 4.78 is 13.7. The van der Waals surface area contributed by atoms with Crippen LogP contribution >= 0.6 is 0 Å². The van der Waals surface area contributed by atoms with E-state index in [-0.39, 0.29) is 5.25 Å². The van der Waals surface area contributed by atoms with Crippen molar-refractivity contribution in [2.24, 2.45) is 0 Å². The number of nitrogens with one attached hydrogen (secondary N) is 1. The lowest BCUT2D eigenvalue weighted by Gasteiger charge is -2.17. The number of imidazole rings is 1. The molecule has 2 heterocycles. The minimum atomic E-state index is -0.726. The summed E-state index contributed by atoms with van der Waals surface area (Å²) in [4.78, 5) is 4.60. The summed E-state index contributed by atoms with van der Waals surface area (Å²) in [5.41, 5.74) is 2.56. The lowest BCUT2D eigenvalue weighted by molar-refractivity contribution is 0.559. The van der Waals surface area contributed by atoms with Crippen LogP contribution in [0.3, 0.4) is 0 Å². The normalized spacial score (nSPS) is 18.8. The van der Waals surface area contributed by atoms with E-state index in [0.29, 0.717) is 0 Å². The Balaban J connectivity index is 2.10. The Labute approximate surface area is 105 Å². The first-order valence-electron chi connectivity index (χ1n) is 6.17. The highest BCUT2D eigenvalue weighted by molar-refractivity contribution is 7.84. The lowest BCUT2D eigenvalue weighted by atomic mass is 10.2. The SMILES string of the molecule is Cc1nc2c(n1CCC(C)S(C)=O)CCNC2. The fourth-order valence-corrected chi connectivity index (χ4v) is 2.72. The van der Waals surface area contributed by atoms with Crippen molar-refractivity contribution in [1.82, 2.24) is 14.9 Å². The molecule has 0 aromatic carbocycles. The van der Waals surface area contributed by atoms with Crippen LogP contribution in [0, 0.1) is 6.92 Å². The van der Waals surface area contributed by atoms with E-state index < -0.39 is 10.8 Å². The molecule has 0 radical (unpaired) electrons. The summed E-state index contributed by atoms with van der Waals surface area (Å²) in [5, 5.41) is 3.60. The van der Waals surface area contributed by atoms with Crippen molar-refractivity contribution in [1.29, 1.82) is 0 Å². The van der Waals surface area contributed by atoms with Crippen LogP contribution in [-0.4, -0.2) is 31.8 Å². The molecule has 0 fully saturated rings. The number of aromatic nitrogens is 2. The molecule has 0 aliphatic carbocycles. The summed E-state index contributed by atoms with van der Waals surface area (Å²) in [6, 6.07) is 0. The third-order valence-corrected chi connectivity index (χ3v) is 4.87. The maximum atomic E-state index is 11.4. The maximum absolute atomic E-state index is 11.4. The summed E-state index contributed by atoms with van der Waals surface area (Å²) >= 11 is 0. The molecule has 1 aliphatic rings. The Morgan fingerprint density at radius 2 is 2.35 bits per heavy atom. The number of hydrogen-bond donors (Lipinski definition) is 1. The van der Waals surface area contributed by atoms with Gasteiger partial charge in [-0.3, -0.25) is 4.21 Å². The summed E-state index contributed by atoms with van der Waals surface area (Å²) in [7, 11) is -0.726. The molecule has 1 aromatic heterocycles. The van der Waals surface area contributed by atoms with Crippen LogP contribution in [-0.2, 0) is 30.3 Å². The zero-order chi connectivity index (χ0) is 12.4. The molecular weight excluding hydrogens is 234 g/mol. The monoisotopic (exact) mass is 255 g/mol. The smallest absolute Gasteiger partial charge is 0.106 e. The third-order valence-electron chi connectivity index (χ3n) is 3.50. The van der Waals surface area contributed by atoms with Crippen molar-refractivity contribution in [3.05, 3.63) is 17.2 Å². The molecule has 2 rings (SSSR count). The van der Waals surface area contributed by atoms with Gasteiger partial charge in [0.15, 0.2) is 0 Å². The fourth-order valence-electron chi connectivity index (χ4n) is 2.28. The molecule has 17 heavy (non-hydrogen) atoms. The molecule has 2 unspecified atom stereocenters. The second kappa shape index (κ2) is 5.31. The van der Waals surface area contributed by atoms with Crippen LogP contribution < -0.4 is 5.32 Å². The predicted molar refractivity (Wildman–Crippen MR) is 70.5 cm³/mol. The number of fused-ring (bicyclic) bond motifs is 1. The van der Waals surface area contributed by atoms with Gasteiger partial charge in [0.25, 0.3) is 0 Å². The van der Waals surface area contributed by atoms with Gasteiger partial charge in [-0.2, -0.15) is 0 Å². The molecule has 1 N–H and O–H groups in total. The van der Waals surface area contributed by atoms with E-state index >= 15 is 0 Å². The molecule has 0 saturated heterocycles. The topological polar surface area (TPSA) is 46.9 Å². The number of aryl methyl sites for hydroxylation is 1. The van der Waals surface area contributed by atoms with Gasteiger partial charge in [0, 0.05) is 54.1 Å². The Morgan fingerprint density at radius 1 is 1.59 bits per heavy atom. The molecule has 4 nitrogen and oxygen atoms in total. The van der Waals surface area contributed by atoms with Crippen LogP contribution in [0.5, 0.6) is 0 Å². The molecule has 1 aliphatic heterocycles. The Hall–Kier alpha value is -0.680. The van der Waals surface area contributed by atoms with Crippen LogP contribution in [0.15, 0.2) is 0 Å². The van der Waals surface area contributed by atoms with E-state index in [1.807, 2.05) is 0 Å². The number of hydrogen-bond acceptors (Lipinski definition) is 3. The first-order chi connectivity index (χ1) is 8.09. The van der Waals surface area contributed by atoms with E-state index in [2.05, 4.69) is 28.7 Å². The highest BCUT2D eigenvalue weighted by atomic mass is 32.2. The van der Waals surface area contributed by atoms with Crippen LogP contribution in [0.4, 0.5) is 0 Å². The molecule has 0 bridgehead atoms. The zero-order valence-electron chi connectivity index (χ0n) is 10.8. The molecular formula is C12H21N3OS. The van der Waals surface area contributed by atoms with Crippen molar-refractivity contribution in [2.75, 3.05) is 12.8 Å². The van der Waals surface area contributed by atoms with Crippen molar-refractivity contribution in [3.63, 3.8) is 0 Å². The summed E-state index contributed by atoms with van der Waals surface area (Å²) in [5.74, 6) is 1.09. The number of nitrogens with zero attached hydrogens (tertiary/aromatic N) is 2. The van der Waals surface area contributed by atoms with Gasteiger partial charge in [0.1, 0.15) is 5.82 Å².